The fourth-order valence-corrected chi connectivity index (χ4v) is 3.73. The molecule has 1 aromatic heterocycles. The number of halogens is 3. The highest BCUT2D eigenvalue weighted by Crippen LogP contribution is 2.24. The number of benzene rings is 2. The van der Waals surface area contributed by atoms with Crippen LogP contribution in [0.4, 0.5) is 8.78 Å². The average Bonchev–Trinajstić information content (AvgIpc) is 2.83. The summed E-state index contributed by atoms with van der Waals surface area (Å²) in [6.45, 7) is 1.49. The molecule has 0 saturated heterocycles. The molecule has 0 aliphatic rings. The van der Waals surface area contributed by atoms with Crippen molar-refractivity contribution in [3.8, 4) is 5.75 Å². The Labute approximate surface area is 209 Å². The lowest BCUT2D eigenvalue weighted by atomic mass is 10.2. The van der Waals surface area contributed by atoms with Gasteiger partial charge in [-0.1, -0.05) is 30.3 Å². The monoisotopic (exact) mass is 548 g/mol. The lowest BCUT2D eigenvalue weighted by Crippen LogP contribution is -2.38. The summed E-state index contributed by atoms with van der Waals surface area (Å²) in [5.41, 5.74) is 0.930. The number of amides is 1. The van der Waals surface area contributed by atoms with Crippen molar-refractivity contribution in [3.63, 3.8) is 0 Å². The molecule has 1 heterocycles. The summed E-state index contributed by atoms with van der Waals surface area (Å²) in [5, 5.41) is 0. The molecular formula is C25H23BrF2N2O5. The number of nitrogens with zero attached hydrogens (tertiary/aromatic N) is 2. The molecule has 0 unspecified atom stereocenters. The van der Waals surface area contributed by atoms with E-state index in [9.17, 15) is 23.2 Å². The van der Waals surface area contributed by atoms with E-state index in [1.54, 1.807) is 13.0 Å². The molecule has 0 saturated carbocycles. The zero-order valence-corrected chi connectivity index (χ0v) is 20.7. The zero-order valence-electron chi connectivity index (χ0n) is 19.1. The molecule has 0 bridgehead atoms. The lowest BCUT2D eigenvalue weighted by Gasteiger charge is -2.25. The molecule has 2 aromatic carbocycles. The summed E-state index contributed by atoms with van der Waals surface area (Å²) >= 11 is 3.22. The van der Waals surface area contributed by atoms with E-state index in [1.807, 2.05) is 30.3 Å². The normalized spacial score (nSPS) is 10.7. The molecular weight excluding hydrogens is 526 g/mol. The molecule has 0 N–H and O–H groups in total. The van der Waals surface area contributed by atoms with E-state index in [0.717, 1.165) is 17.7 Å². The largest absolute Gasteiger partial charge is 0.487 e. The molecule has 0 aliphatic carbocycles. The van der Waals surface area contributed by atoms with Crippen molar-refractivity contribution in [2.45, 2.75) is 33.2 Å². The van der Waals surface area contributed by atoms with Gasteiger partial charge < -0.3 is 14.4 Å². The van der Waals surface area contributed by atoms with Crippen LogP contribution < -0.4 is 10.3 Å². The van der Waals surface area contributed by atoms with Gasteiger partial charge in [-0.2, -0.15) is 0 Å². The third-order valence-electron chi connectivity index (χ3n) is 5.22. The smallest absolute Gasteiger partial charge is 0.315 e. The fraction of sp³-hybridized carbons (Fsp3) is 0.240. The molecule has 0 fully saturated rings. The first-order chi connectivity index (χ1) is 16.7. The Hall–Kier alpha value is -3.53. The molecule has 7 nitrogen and oxygen atoms in total. The van der Waals surface area contributed by atoms with Gasteiger partial charge in [-0.25, -0.2) is 8.78 Å². The molecule has 0 radical (unpaired) electrons. The van der Waals surface area contributed by atoms with Gasteiger partial charge in [0.05, 0.1) is 7.11 Å². The predicted molar refractivity (Wildman–Crippen MR) is 127 cm³/mol. The average molecular weight is 549 g/mol. The number of ether oxygens (including phenoxy) is 2. The Morgan fingerprint density at radius 1 is 1.09 bits per heavy atom. The van der Waals surface area contributed by atoms with Crippen molar-refractivity contribution in [2.75, 3.05) is 7.11 Å². The van der Waals surface area contributed by atoms with Crippen molar-refractivity contribution in [3.05, 3.63) is 97.9 Å². The number of rotatable bonds is 9. The Morgan fingerprint density at radius 3 is 2.46 bits per heavy atom. The zero-order chi connectivity index (χ0) is 25.5. The minimum Gasteiger partial charge on any atom is -0.487 e. The van der Waals surface area contributed by atoms with Crippen molar-refractivity contribution >= 4 is 27.8 Å². The number of aromatic nitrogens is 1. The van der Waals surface area contributed by atoms with Crippen LogP contribution in [0.1, 0.15) is 23.2 Å². The number of hydrogen-bond donors (Lipinski definition) is 0. The van der Waals surface area contributed by atoms with Crippen molar-refractivity contribution in [2.24, 2.45) is 0 Å². The van der Waals surface area contributed by atoms with Crippen molar-refractivity contribution in [1.82, 2.24) is 9.47 Å². The van der Waals surface area contributed by atoms with E-state index >= 15 is 0 Å². The molecule has 1 amide bonds. The molecule has 35 heavy (non-hydrogen) atoms. The summed E-state index contributed by atoms with van der Waals surface area (Å²) in [7, 11) is 1.19. The van der Waals surface area contributed by atoms with E-state index in [0.29, 0.717) is 5.69 Å². The van der Waals surface area contributed by atoms with E-state index in [-0.39, 0.29) is 35.6 Å². The van der Waals surface area contributed by atoms with Gasteiger partial charge in [0, 0.05) is 29.9 Å². The molecule has 184 valence electrons. The topological polar surface area (TPSA) is 77.8 Å². The third-order valence-corrected chi connectivity index (χ3v) is 5.95. The van der Waals surface area contributed by atoms with Gasteiger partial charge in [-0.3, -0.25) is 19.0 Å². The van der Waals surface area contributed by atoms with Gasteiger partial charge in [0.1, 0.15) is 41.6 Å². The first-order valence-electron chi connectivity index (χ1n) is 10.5. The lowest BCUT2D eigenvalue weighted by molar-refractivity contribution is -0.147. The van der Waals surface area contributed by atoms with Crippen LogP contribution >= 0.6 is 15.9 Å². The second-order valence-electron chi connectivity index (χ2n) is 7.69. The molecule has 0 atom stereocenters. The van der Waals surface area contributed by atoms with Gasteiger partial charge in [-0.05, 0) is 40.5 Å². The SMILES string of the molecule is COC(=O)CC(=O)N(Cc1ccccc1)Cn1c(C)cc(OCc2ccc(F)cc2F)c(Br)c1=O. The van der Waals surface area contributed by atoms with Crippen molar-refractivity contribution < 1.29 is 27.8 Å². The number of carbonyl (C=O) groups excluding carboxylic acids is 2. The first kappa shape index (κ1) is 26.1. The summed E-state index contributed by atoms with van der Waals surface area (Å²) in [5.74, 6) is -2.48. The number of carbonyl (C=O) groups is 2. The maximum absolute atomic E-state index is 13.9. The Bertz CT molecular complexity index is 1280. The minimum atomic E-state index is -0.758. The maximum Gasteiger partial charge on any atom is 0.315 e. The molecule has 3 rings (SSSR count). The minimum absolute atomic E-state index is 0.0747. The highest BCUT2D eigenvalue weighted by Gasteiger charge is 2.21. The van der Waals surface area contributed by atoms with E-state index in [2.05, 4.69) is 20.7 Å². The third kappa shape index (κ3) is 6.75. The Balaban J connectivity index is 1.85. The quantitative estimate of drug-likeness (QED) is 0.294. The van der Waals surface area contributed by atoms with Gasteiger partial charge in [0.2, 0.25) is 5.91 Å². The fourth-order valence-electron chi connectivity index (χ4n) is 3.29. The molecule has 0 aliphatic heterocycles. The predicted octanol–water partition coefficient (Wildman–Crippen LogP) is 4.33. The number of methoxy groups -OCH3 is 1. The number of esters is 1. The standard InChI is InChI=1S/C25H23BrF2N2O5/c1-16-10-21(35-14-18-8-9-19(27)11-20(18)28)24(26)25(33)30(16)15-29(22(31)12-23(32)34-2)13-17-6-4-3-5-7-17/h3-11H,12-15H2,1-2H3. The van der Waals surface area contributed by atoms with E-state index in [1.165, 1.54) is 22.6 Å². The van der Waals surface area contributed by atoms with E-state index < -0.39 is 35.5 Å². The van der Waals surface area contributed by atoms with Gasteiger partial charge in [-0.15, -0.1) is 0 Å². The van der Waals surface area contributed by atoms with Crippen LogP contribution in [0.15, 0.2) is 63.9 Å². The van der Waals surface area contributed by atoms with Crippen LogP contribution in [0.3, 0.4) is 0 Å². The van der Waals surface area contributed by atoms with Crippen LogP contribution in [-0.4, -0.2) is 28.5 Å². The van der Waals surface area contributed by atoms with Gasteiger partial charge >= 0.3 is 5.97 Å². The Kier molecular flexibility index (Phi) is 8.75. The number of aryl methyl sites for hydroxylation is 1. The Morgan fingerprint density at radius 2 is 1.80 bits per heavy atom. The van der Waals surface area contributed by atoms with Crippen molar-refractivity contribution in [1.29, 1.82) is 0 Å². The van der Waals surface area contributed by atoms with Crippen LogP contribution in [0.25, 0.3) is 0 Å². The summed E-state index contributed by atoms with van der Waals surface area (Å²) in [4.78, 5) is 39.0. The molecule has 0 spiro atoms. The summed E-state index contributed by atoms with van der Waals surface area (Å²) in [6.07, 6.45) is -0.470. The second kappa shape index (κ2) is 11.7. The van der Waals surface area contributed by atoms with Crippen LogP contribution in [-0.2, 0) is 34.1 Å². The van der Waals surface area contributed by atoms with Gasteiger partial charge in [0.25, 0.3) is 5.56 Å². The highest BCUT2D eigenvalue weighted by atomic mass is 79.9. The summed E-state index contributed by atoms with van der Waals surface area (Å²) < 4.78 is 38.7. The summed E-state index contributed by atoms with van der Waals surface area (Å²) in [6, 6.07) is 13.8. The number of pyridine rings is 1. The van der Waals surface area contributed by atoms with Crippen LogP contribution in [0.5, 0.6) is 5.75 Å². The first-order valence-corrected chi connectivity index (χ1v) is 11.3. The number of hydrogen-bond acceptors (Lipinski definition) is 5. The van der Waals surface area contributed by atoms with E-state index in [4.69, 9.17) is 4.74 Å². The van der Waals surface area contributed by atoms with Gasteiger partial charge in [0.15, 0.2) is 0 Å². The highest BCUT2D eigenvalue weighted by molar-refractivity contribution is 9.10. The molecule has 3 aromatic rings. The van der Waals surface area contributed by atoms with Crippen LogP contribution in [0, 0.1) is 18.6 Å². The molecule has 10 heteroatoms. The maximum atomic E-state index is 13.9. The second-order valence-corrected chi connectivity index (χ2v) is 8.49. The van der Waals surface area contributed by atoms with Crippen LogP contribution in [0.2, 0.25) is 0 Å².